The lowest BCUT2D eigenvalue weighted by atomic mass is 9.95. The van der Waals surface area contributed by atoms with E-state index < -0.39 is 0 Å². The number of rotatable bonds is 18. The van der Waals surface area contributed by atoms with E-state index in [0.29, 0.717) is 24.3 Å². The number of amides is 2. The van der Waals surface area contributed by atoms with Gasteiger partial charge in [0.05, 0.1) is 0 Å². The summed E-state index contributed by atoms with van der Waals surface area (Å²) in [6.45, 7) is 8.55. The summed E-state index contributed by atoms with van der Waals surface area (Å²) in [4.78, 5) is 25.0. The van der Waals surface area contributed by atoms with Gasteiger partial charge in [0.25, 0.3) is 0 Å². The second-order valence-electron chi connectivity index (χ2n) is 11.0. The Hall–Kier alpha value is -3.02. The van der Waals surface area contributed by atoms with Gasteiger partial charge < -0.3 is 10.2 Å². The molecular formula is C34H52N2O4. The summed E-state index contributed by atoms with van der Waals surface area (Å²) in [5.74, 6) is 0.344. The van der Waals surface area contributed by atoms with Crippen LogP contribution in [-0.2, 0) is 48.1 Å². The van der Waals surface area contributed by atoms with E-state index in [1.165, 1.54) is 0 Å². The zero-order chi connectivity index (χ0) is 29.3. The number of hydrogen-bond acceptors (Lipinski definition) is 4. The molecule has 2 aromatic carbocycles. The Morgan fingerprint density at radius 3 is 1.05 bits per heavy atom. The zero-order valence-corrected chi connectivity index (χ0v) is 25.3. The number of hydrazine groups is 1. The number of phenols is 2. The van der Waals surface area contributed by atoms with E-state index in [4.69, 9.17) is 0 Å². The highest BCUT2D eigenvalue weighted by atomic mass is 16.3. The lowest BCUT2D eigenvalue weighted by molar-refractivity contribution is -0.128. The molecule has 6 heteroatoms. The summed E-state index contributed by atoms with van der Waals surface area (Å²) >= 11 is 0. The van der Waals surface area contributed by atoms with E-state index in [-0.39, 0.29) is 24.7 Å². The Bertz CT molecular complexity index is 936. The number of phenolic OH excluding ortho intramolecular Hbond substituents is 2. The first-order valence-corrected chi connectivity index (χ1v) is 15.6. The van der Waals surface area contributed by atoms with Crippen LogP contribution in [0.1, 0.15) is 125 Å². The molecule has 0 radical (unpaired) electrons. The molecule has 0 unspecified atom stereocenters. The molecule has 0 aliphatic heterocycles. The van der Waals surface area contributed by atoms with Gasteiger partial charge in [-0.25, -0.2) is 0 Å². The van der Waals surface area contributed by atoms with E-state index in [1.807, 2.05) is 24.3 Å². The van der Waals surface area contributed by atoms with Crippen LogP contribution in [0, 0.1) is 0 Å². The molecule has 0 saturated carbocycles. The molecule has 2 rings (SSSR count). The van der Waals surface area contributed by atoms with Crippen molar-refractivity contribution in [3.05, 3.63) is 57.6 Å². The van der Waals surface area contributed by atoms with Crippen molar-refractivity contribution >= 4 is 11.8 Å². The lowest BCUT2D eigenvalue weighted by Crippen LogP contribution is -2.41. The summed E-state index contributed by atoms with van der Waals surface area (Å²) in [7, 11) is 0. The van der Waals surface area contributed by atoms with E-state index in [1.54, 1.807) is 0 Å². The fraction of sp³-hybridized carbons (Fsp3) is 0.588. The predicted octanol–water partition coefficient (Wildman–Crippen LogP) is 7.18. The first-order chi connectivity index (χ1) is 19.3. The quantitative estimate of drug-likeness (QED) is 0.147. The number of aryl methyl sites for hydroxylation is 6. The van der Waals surface area contributed by atoms with Gasteiger partial charge in [-0.1, -0.05) is 77.6 Å². The maximum absolute atomic E-state index is 12.5. The molecule has 0 atom stereocenters. The minimum Gasteiger partial charge on any atom is -0.507 e. The highest BCUT2D eigenvalue weighted by molar-refractivity contribution is 5.82. The van der Waals surface area contributed by atoms with Crippen LogP contribution in [-0.4, -0.2) is 22.0 Å². The van der Waals surface area contributed by atoms with Gasteiger partial charge in [0, 0.05) is 12.8 Å². The van der Waals surface area contributed by atoms with Crippen molar-refractivity contribution in [3.8, 4) is 11.5 Å². The average molecular weight is 553 g/mol. The Balaban J connectivity index is 1.91. The van der Waals surface area contributed by atoms with Crippen molar-refractivity contribution in [1.82, 2.24) is 10.9 Å². The number of unbranched alkanes of at least 4 members (excludes halogenated alkanes) is 4. The number of benzene rings is 2. The standard InChI is InChI=1S/C34H52N2O4/c1-5-9-13-27-21-25(22-28(33(27)39)14-10-6-2)17-19-31(37)35-36-32(38)20-18-26-23-29(15-11-7-3)34(40)30(24-26)16-12-8-4/h21-24,39-40H,5-20H2,1-4H3,(H,35,37)(H,36,38). The SMILES string of the molecule is CCCCc1cc(CCC(=O)NNC(=O)CCc2cc(CCCC)c(O)c(CCCC)c2)cc(CCCC)c1O. The Morgan fingerprint density at radius 1 is 0.525 bits per heavy atom. The van der Waals surface area contributed by atoms with Crippen LogP contribution in [0.2, 0.25) is 0 Å². The Kier molecular flexibility index (Phi) is 15.2. The molecule has 0 spiro atoms. The van der Waals surface area contributed by atoms with Crippen molar-refractivity contribution in [1.29, 1.82) is 0 Å². The molecule has 0 bridgehead atoms. The smallest absolute Gasteiger partial charge is 0.238 e. The molecule has 222 valence electrons. The fourth-order valence-corrected chi connectivity index (χ4v) is 4.96. The van der Waals surface area contributed by atoms with Crippen molar-refractivity contribution in [2.45, 2.75) is 130 Å². The molecule has 0 aromatic heterocycles. The van der Waals surface area contributed by atoms with E-state index >= 15 is 0 Å². The fourth-order valence-electron chi connectivity index (χ4n) is 4.96. The van der Waals surface area contributed by atoms with Crippen LogP contribution in [0.4, 0.5) is 0 Å². The van der Waals surface area contributed by atoms with Gasteiger partial charge in [-0.3, -0.25) is 20.4 Å². The third-order valence-corrected chi connectivity index (χ3v) is 7.48. The molecule has 2 aromatic rings. The molecule has 6 nitrogen and oxygen atoms in total. The summed E-state index contributed by atoms with van der Waals surface area (Å²) in [6.07, 6.45) is 13.2. The topological polar surface area (TPSA) is 98.7 Å². The van der Waals surface area contributed by atoms with Gasteiger partial charge in [0.15, 0.2) is 0 Å². The normalized spacial score (nSPS) is 11.0. The van der Waals surface area contributed by atoms with Crippen LogP contribution >= 0.6 is 0 Å². The van der Waals surface area contributed by atoms with Crippen molar-refractivity contribution < 1.29 is 19.8 Å². The van der Waals surface area contributed by atoms with Gasteiger partial charge in [-0.2, -0.15) is 0 Å². The molecule has 0 heterocycles. The van der Waals surface area contributed by atoms with Gasteiger partial charge >= 0.3 is 0 Å². The molecular weight excluding hydrogens is 500 g/mol. The predicted molar refractivity (Wildman–Crippen MR) is 164 cm³/mol. The largest absolute Gasteiger partial charge is 0.507 e. The van der Waals surface area contributed by atoms with Crippen molar-refractivity contribution in [3.63, 3.8) is 0 Å². The van der Waals surface area contributed by atoms with Crippen molar-refractivity contribution in [2.75, 3.05) is 0 Å². The van der Waals surface area contributed by atoms with Crippen LogP contribution in [0.25, 0.3) is 0 Å². The Labute approximate surface area is 241 Å². The number of carbonyl (C=O) groups excluding carboxylic acids is 2. The molecule has 2 amide bonds. The lowest BCUT2D eigenvalue weighted by Gasteiger charge is -2.14. The molecule has 0 aliphatic carbocycles. The maximum Gasteiger partial charge on any atom is 0.238 e. The third-order valence-electron chi connectivity index (χ3n) is 7.48. The van der Waals surface area contributed by atoms with Gasteiger partial charge in [0.2, 0.25) is 11.8 Å². The monoisotopic (exact) mass is 552 g/mol. The number of hydrogen-bond donors (Lipinski definition) is 4. The average Bonchev–Trinajstić information content (AvgIpc) is 2.96. The first kappa shape index (κ1) is 33.2. The number of aromatic hydroxyl groups is 2. The minimum atomic E-state index is -0.236. The zero-order valence-electron chi connectivity index (χ0n) is 25.3. The number of nitrogens with one attached hydrogen (secondary N) is 2. The molecule has 4 N–H and O–H groups in total. The second kappa shape index (κ2) is 18.4. The molecule has 0 saturated heterocycles. The second-order valence-corrected chi connectivity index (χ2v) is 11.0. The van der Waals surface area contributed by atoms with Gasteiger partial charge in [0.1, 0.15) is 11.5 Å². The Morgan fingerprint density at radius 2 is 0.800 bits per heavy atom. The molecule has 40 heavy (non-hydrogen) atoms. The highest BCUT2D eigenvalue weighted by Crippen LogP contribution is 2.29. The number of carbonyl (C=O) groups is 2. The minimum absolute atomic E-state index is 0.236. The van der Waals surface area contributed by atoms with Crippen LogP contribution in [0.3, 0.4) is 0 Å². The molecule has 0 aliphatic rings. The summed E-state index contributed by atoms with van der Waals surface area (Å²) in [5.41, 5.74) is 11.1. The maximum atomic E-state index is 12.5. The van der Waals surface area contributed by atoms with Gasteiger partial charge in [-0.05, 0) is 97.6 Å². The highest BCUT2D eigenvalue weighted by Gasteiger charge is 2.13. The van der Waals surface area contributed by atoms with Crippen LogP contribution < -0.4 is 10.9 Å². The summed E-state index contributed by atoms with van der Waals surface area (Å²) < 4.78 is 0. The van der Waals surface area contributed by atoms with Crippen molar-refractivity contribution in [2.24, 2.45) is 0 Å². The molecule has 0 fully saturated rings. The summed E-state index contributed by atoms with van der Waals surface area (Å²) in [5, 5.41) is 21.4. The summed E-state index contributed by atoms with van der Waals surface area (Å²) in [6, 6.07) is 8.09. The van der Waals surface area contributed by atoms with E-state index in [2.05, 4.69) is 38.5 Å². The third kappa shape index (κ3) is 11.2. The van der Waals surface area contributed by atoms with E-state index in [0.717, 1.165) is 110 Å². The van der Waals surface area contributed by atoms with Crippen LogP contribution in [0.15, 0.2) is 24.3 Å². The first-order valence-electron chi connectivity index (χ1n) is 15.6. The van der Waals surface area contributed by atoms with Crippen LogP contribution in [0.5, 0.6) is 11.5 Å². The van der Waals surface area contributed by atoms with Gasteiger partial charge in [-0.15, -0.1) is 0 Å². The van der Waals surface area contributed by atoms with E-state index in [9.17, 15) is 19.8 Å².